The van der Waals surface area contributed by atoms with E-state index in [9.17, 15) is 4.79 Å². The van der Waals surface area contributed by atoms with E-state index in [1.165, 1.54) is 6.20 Å². The fraction of sp³-hybridized carbons (Fsp3) is 0.182. The van der Waals surface area contributed by atoms with Gasteiger partial charge in [0, 0.05) is 36.9 Å². The van der Waals surface area contributed by atoms with Gasteiger partial charge in [-0.05, 0) is 6.07 Å². The summed E-state index contributed by atoms with van der Waals surface area (Å²) in [5.74, 6) is -0.209. The number of aromatic nitrogens is 2. The third kappa shape index (κ3) is 3.25. The summed E-state index contributed by atoms with van der Waals surface area (Å²) in [6.45, 7) is 0.539. The lowest BCUT2D eigenvalue weighted by Gasteiger charge is -2.04. The molecule has 0 aliphatic carbocycles. The molecule has 0 spiro atoms. The second-order valence-corrected chi connectivity index (χ2v) is 4.67. The van der Waals surface area contributed by atoms with Crippen LogP contribution in [0.2, 0.25) is 5.02 Å². The Hall–Kier alpha value is -1.46. The Balaban J connectivity index is 1.88. The highest BCUT2D eigenvalue weighted by Gasteiger charge is 2.09. The van der Waals surface area contributed by atoms with Crippen molar-refractivity contribution in [2.45, 2.75) is 6.42 Å². The van der Waals surface area contributed by atoms with E-state index < -0.39 is 0 Å². The largest absolute Gasteiger partial charge is 0.352 e. The molecule has 6 heteroatoms. The first-order chi connectivity index (χ1) is 8.27. The van der Waals surface area contributed by atoms with Crippen molar-refractivity contribution in [1.29, 1.82) is 0 Å². The zero-order chi connectivity index (χ0) is 12.1. The van der Waals surface area contributed by atoms with Crippen LogP contribution < -0.4 is 5.32 Å². The minimum absolute atomic E-state index is 0.209. The summed E-state index contributed by atoms with van der Waals surface area (Å²) in [6, 6.07) is 1.59. The Bertz CT molecular complexity index is 501. The molecule has 2 rings (SSSR count). The number of nitrogens with zero attached hydrogens (tertiary/aromatic N) is 2. The van der Waals surface area contributed by atoms with E-state index in [1.54, 1.807) is 29.8 Å². The van der Waals surface area contributed by atoms with Gasteiger partial charge in [0.25, 0.3) is 5.91 Å². The molecule has 0 atom stereocenters. The van der Waals surface area contributed by atoms with Crippen LogP contribution >= 0.6 is 22.9 Å². The molecule has 2 aromatic heterocycles. The number of amides is 1. The second-order valence-electron chi connectivity index (χ2n) is 3.29. The van der Waals surface area contributed by atoms with Crippen LogP contribution in [0, 0.1) is 0 Å². The molecule has 0 saturated carbocycles. The van der Waals surface area contributed by atoms with Crippen molar-refractivity contribution in [2.24, 2.45) is 0 Å². The lowest BCUT2D eigenvalue weighted by molar-refractivity contribution is 0.0954. The number of carbonyl (C=O) groups excluding carboxylic acids is 1. The number of nitrogens with one attached hydrogen (secondary N) is 1. The van der Waals surface area contributed by atoms with Crippen molar-refractivity contribution in [3.8, 4) is 0 Å². The van der Waals surface area contributed by atoms with Gasteiger partial charge in [0.05, 0.1) is 15.6 Å². The average molecular weight is 268 g/mol. The quantitative estimate of drug-likeness (QED) is 0.924. The summed E-state index contributed by atoms with van der Waals surface area (Å²) in [5, 5.41) is 6.10. The van der Waals surface area contributed by atoms with Gasteiger partial charge >= 0.3 is 0 Å². The first kappa shape index (κ1) is 12.0. The predicted molar refractivity (Wildman–Crippen MR) is 67.4 cm³/mol. The molecular weight excluding hydrogens is 258 g/mol. The molecule has 17 heavy (non-hydrogen) atoms. The minimum atomic E-state index is -0.209. The van der Waals surface area contributed by atoms with Gasteiger partial charge in [-0.3, -0.25) is 9.78 Å². The molecular formula is C11H10ClN3OS. The fourth-order valence-corrected chi connectivity index (χ4v) is 2.11. The maximum absolute atomic E-state index is 11.7. The van der Waals surface area contributed by atoms with Crippen molar-refractivity contribution < 1.29 is 4.79 Å². The van der Waals surface area contributed by atoms with E-state index >= 15 is 0 Å². The molecule has 0 aliphatic heterocycles. The fourth-order valence-electron chi connectivity index (χ4n) is 1.30. The van der Waals surface area contributed by atoms with E-state index in [-0.39, 0.29) is 5.91 Å². The number of pyridine rings is 1. The summed E-state index contributed by atoms with van der Waals surface area (Å²) in [6.07, 6.45) is 5.48. The van der Waals surface area contributed by atoms with Gasteiger partial charge in [-0.1, -0.05) is 11.6 Å². The average Bonchev–Trinajstić information content (AvgIpc) is 2.82. The summed E-state index contributed by atoms with van der Waals surface area (Å²) in [4.78, 5) is 19.7. The molecule has 0 fully saturated rings. The standard InChI is InChI=1S/C11H10ClN3OS/c12-9-1-3-13-7-8(9)11(16)15-4-2-10-14-5-6-17-10/h1,3,5-7H,2,4H2,(H,15,16). The molecule has 0 saturated heterocycles. The molecule has 0 aliphatic rings. The first-order valence-corrected chi connectivity index (χ1v) is 6.29. The van der Waals surface area contributed by atoms with Crippen LogP contribution in [0.1, 0.15) is 15.4 Å². The van der Waals surface area contributed by atoms with Gasteiger partial charge in [-0.25, -0.2) is 4.98 Å². The maximum Gasteiger partial charge on any atom is 0.254 e. The van der Waals surface area contributed by atoms with Crippen LogP contribution in [0.3, 0.4) is 0 Å². The highest BCUT2D eigenvalue weighted by atomic mass is 35.5. The van der Waals surface area contributed by atoms with Gasteiger partial charge < -0.3 is 5.32 Å². The summed E-state index contributed by atoms with van der Waals surface area (Å²) in [5.41, 5.74) is 0.397. The molecule has 0 unspecified atom stereocenters. The Morgan fingerprint density at radius 1 is 1.47 bits per heavy atom. The molecule has 2 heterocycles. The predicted octanol–water partition coefficient (Wildman–Crippen LogP) is 2.16. The summed E-state index contributed by atoms with van der Waals surface area (Å²) >= 11 is 7.46. The molecule has 4 nitrogen and oxygen atoms in total. The molecule has 1 N–H and O–H groups in total. The summed E-state index contributed by atoms with van der Waals surface area (Å²) in [7, 11) is 0. The van der Waals surface area contributed by atoms with Crippen molar-refractivity contribution in [2.75, 3.05) is 6.54 Å². The number of thiazole rings is 1. The normalized spacial score (nSPS) is 10.2. The first-order valence-electron chi connectivity index (χ1n) is 5.03. The molecule has 0 bridgehead atoms. The van der Waals surface area contributed by atoms with Crippen molar-refractivity contribution in [1.82, 2.24) is 15.3 Å². The maximum atomic E-state index is 11.7. The Morgan fingerprint density at radius 2 is 2.35 bits per heavy atom. The van der Waals surface area contributed by atoms with E-state index in [2.05, 4.69) is 15.3 Å². The topological polar surface area (TPSA) is 54.9 Å². The van der Waals surface area contributed by atoms with Gasteiger partial charge in [-0.2, -0.15) is 0 Å². The lowest BCUT2D eigenvalue weighted by Crippen LogP contribution is -2.26. The number of hydrogen-bond acceptors (Lipinski definition) is 4. The number of halogens is 1. The zero-order valence-corrected chi connectivity index (χ0v) is 10.5. The number of rotatable bonds is 4. The minimum Gasteiger partial charge on any atom is -0.352 e. The van der Waals surface area contributed by atoms with Gasteiger partial charge in [-0.15, -0.1) is 11.3 Å². The van der Waals surface area contributed by atoms with E-state index in [4.69, 9.17) is 11.6 Å². The second kappa shape index (κ2) is 5.75. The van der Waals surface area contributed by atoms with Crippen LogP contribution in [0.5, 0.6) is 0 Å². The molecule has 0 radical (unpaired) electrons. The third-order valence-electron chi connectivity index (χ3n) is 2.12. The monoisotopic (exact) mass is 267 g/mol. The molecule has 1 amide bonds. The van der Waals surface area contributed by atoms with E-state index in [0.717, 1.165) is 11.4 Å². The summed E-state index contributed by atoms with van der Waals surface area (Å²) < 4.78 is 0. The Morgan fingerprint density at radius 3 is 3.06 bits per heavy atom. The van der Waals surface area contributed by atoms with Crippen molar-refractivity contribution in [3.05, 3.63) is 45.6 Å². The van der Waals surface area contributed by atoms with Crippen molar-refractivity contribution in [3.63, 3.8) is 0 Å². The van der Waals surface area contributed by atoms with Gasteiger partial charge in [0.2, 0.25) is 0 Å². The smallest absolute Gasteiger partial charge is 0.254 e. The lowest BCUT2D eigenvalue weighted by atomic mass is 10.2. The molecule has 0 aromatic carbocycles. The van der Waals surface area contributed by atoms with Gasteiger partial charge in [0.15, 0.2) is 0 Å². The molecule has 2 aromatic rings. The highest BCUT2D eigenvalue weighted by Crippen LogP contribution is 2.13. The third-order valence-corrected chi connectivity index (χ3v) is 3.29. The number of carbonyl (C=O) groups is 1. The highest BCUT2D eigenvalue weighted by molar-refractivity contribution is 7.09. The van der Waals surface area contributed by atoms with Crippen LogP contribution in [-0.4, -0.2) is 22.4 Å². The van der Waals surface area contributed by atoms with E-state index in [1.807, 2.05) is 5.38 Å². The van der Waals surface area contributed by atoms with Crippen LogP contribution in [0.25, 0.3) is 0 Å². The number of hydrogen-bond donors (Lipinski definition) is 1. The van der Waals surface area contributed by atoms with Crippen LogP contribution in [0.15, 0.2) is 30.0 Å². The Labute approximate surface area is 108 Å². The van der Waals surface area contributed by atoms with Crippen LogP contribution in [0.4, 0.5) is 0 Å². The van der Waals surface area contributed by atoms with Crippen molar-refractivity contribution >= 4 is 28.8 Å². The van der Waals surface area contributed by atoms with Crippen LogP contribution in [-0.2, 0) is 6.42 Å². The Kier molecular flexibility index (Phi) is 4.06. The molecule has 88 valence electrons. The van der Waals surface area contributed by atoms with Gasteiger partial charge in [0.1, 0.15) is 0 Å². The van der Waals surface area contributed by atoms with E-state index in [0.29, 0.717) is 17.1 Å². The zero-order valence-electron chi connectivity index (χ0n) is 8.89. The SMILES string of the molecule is O=C(NCCc1nccs1)c1cnccc1Cl.